The van der Waals surface area contributed by atoms with Crippen LogP contribution in [0.1, 0.15) is 6.42 Å². The molecule has 0 aliphatic heterocycles. The van der Waals surface area contributed by atoms with E-state index < -0.39 is 0 Å². The van der Waals surface area contributed by atoms with Crippen LogP contribution in [-0.2, 0) is 0 Å². The molecule has 0 heterocycles. The molecule has 0 unspecified atom stereocenters. The summed E-state index contributed by atoms with van der Waals surface area (Å²) in [6, 6.07) is 5.85. The third-order valence-corrected chi connectivity index (χ3v) is 2.53. The maximum Gasteiger partial charge on any atom is 0.121 e. The first-order valence-electron chi connectivity index (χ1n) is 4.46. The van der Waals surface area contributed by atoms with Crippen LogP contribution in [0.15, 0.2) is 35.3 Å². The summed E-state index contributed by atoms with van der Waals surface area (Å²) < 4.78 is 6.18. The van der Waals surface area contributed by atoms with Gasteiger partial charge in [-0.05, 0) is 34.5 Å². The maximum atomic E-state index is 5.14. The van der Waals surface area contributed by atoms with Gasteiger partial charge in [0.25, 0.3) is 0 Å². The first-order valence-corrected chi connectivity index (χ1v) is 5.25. The number of methoxy groups -OCH3 is 1. The van der Waals surface area contributed by atoms with Crippen molar-refractivity contribution in [3.8, 4) is 5.75 Å². The number of benzene rings is 1. The zero-order valence-electron chi connectivity index (χ0n) is 8.22. The molecule has 76 valence electrons. The van der Waals surface area contributed by atoms with Gasteiger partial charge in [-0.2, -0.15) is 0 Å². The molecule has 0 spiro atoms. The lowest BCUT2D eigenvalue weighted by Crippen LogP contribution is -2.00. The highest BCUT2D eigenvalue weighted by atomic mass is 79.9. The van der Waals surface area contributed by atoms with E-state index in [1.807, 2.05) is 24.3 Å². The molecule has 0 amide bonds. The number of halogens is 1. The van der Waals surface area contributed by atoms with Gasteiger partial charge >= 0.3 is 0 Å². The van der Waals surface area contributed by atoms with E-state index in [1.54, 1.807) is 7.11 Å². The maximum absolute atomic E-state index is 5.14. The molecule has 0 radical (unpaired) electrons. The van der Waals surface area contributed by atoms with Crippen LogP contribution in [0.5, 0.6) is 5.75 Å². The topological polar surface area (TPSA) is 21.3 Å². The van der Waals surface area contributed by atoms with Gasteiger partial charge in [-0.15, -0.1) is 6.58 Å². The Morgan fingerprint density at radius 1 is 1.57 bits per heavy atom. The third-order valence-electron chi connectivity index (χ3n) is 1.84. The summed E-state index contributed by atoms with van der Waals surface area (Å²) in [5.41, 5.74) is 1.05. The van der Waals surface area contributed by atoms with Crippen molar-refractivity contribution in [2.24, 2.45) is 0 Å². The Morgan fingerprint density at radius 3 is 3.00 bits per heavy atom. The van der Waals surface area contributed by atoms with E-state index in [0.29, 0.717) is 0 Å². The highest BCUT2D eigenvalue weighted by molar-refractivity contribution is 9.10. The van der Waals surface area contributed by atoms with Crippen LogP contribution < -0.4 is 10.1 Å². The SMILES string of the molecule is C=CCCNc1cc(OC)ccc1Br. The molecule has 0 bridgehead atoms. The van der Waals surface area contributed by atoms with Crippen molar-refractivity contribution in [1.82, 2.24) is 0 Å². The molecule has 1 rings (SSSR count). The number of ether oxygens (including phenoxy) is 1. The molecule has 0 atom stereocenters. The zero-order valence-corrected chi connectivity index (χ0v) is 9.80. The quantitative estimate of drug-likeness (QED) is 0.643. The molecule has 2 nitrogen and oxygen atoms in total. The molecule has 0 aromatic heterocycles. The number of nitrogens with one attached hydrogen (secondary N) is 1. The van der Waals surface area contributed by atoms with E-state index in [2.05, 4.69) is 27.8 Å². The second-order valence-corrected chi connectivity index (χ2v) is 3.70. The van der Waals surface area contributed by atoms with Crippen LogP contribution in [0, 0.1) is 0 Å². The summed E-state index contributed by atoms with van der Waals surface area (Å²) in [4.78, 5) is 0. The molecule has 1 N–H and O–H groups in total. The van der Waals surface area contributed by atoms with E-state index >= 15 is 0 Å². The molecule has 0 saturated heterocycles. The molecule has 0 aliphatic carbocycles. The van der Waals surface area contributed by atoms with Gasteiger partial charge in [-0.25, -0.2) is 0 Å². The lowest BCUT2D eigenvalue weighted by Gasteiger charge is -2.09. The lowest BCUT2D eigenvalue weighted by molar-refractivity contribution is 0.415. The minimum atomic E-state index is 0.856. The Morgan fingerprint density at radius 2 is 2.36 bits per heavy atom. The predicted molar refractivity (Wildman–Crippen MR) is 64.0 cm³/mol. The van der Waals surface area contributed by atoms with E-state index in [4.69, 9.17) is 4.74 Å². The van der Waals surface area contributed by atoms with Crippen molar-refractivity contribution in [2.75, 3.05) is 19.0 Å². The Hall–Kier alpha value is -0.960. The number of rotatable bonds is 5. The lowest BCUT2D eigenvalue weighted by atomic mass is 10.3. The van der Waals surface area contributed by atoms with E-state index in [1.165, 1.54) is 0 Å². The van der Waals surface area contributed by atoms with Crippen LogP contribution in [0.25, 0.3) is 0 Å². The molecule has 14 heavy (non-hydrogen) atoms. The fraction of sp³-hybridized carbons (Fsp3) is 0.273. The highest BCUT2D eigenvalue weighted by Crippen LogP contribution is 2.26. The van der Waals surface area contributed by atoms with Crippen LogP contribution in [-0.4, -0.2) is 13.7 Å². The van der Waals surface area contributed by atoms with Gasteiger partial charge in [0.2, 0.25) is 0 Å². The second-order valence-electron chi connectivity index (χ2n) is 2.85. The van der Waals surface area contributed by atoms with Crippen molar-refractivity contribution < 1.29 is 4.74 Å². The minimum absolute atomic E-state index is 0.856. The Balaban J connectivity index is 2.68. The van der Waals surface area contributed by atoms with Gasteiger partial charge in [0.05, 0.1) is 12.8 Å². The summed E-state index contributed by atoms with van der Waals surface area (Å²) in [5, 5.41) is 3.29. The smallest absolute Gasteiger partial charge is 0.121 e. The van der Waals surface area contributed by atoms with Crippen molar-refractivity contribution in [1.29, 1.82) is 0 Å². The van der Waals surface area contributed by atoms with Crippen LogP contribution >= 0.6 is 15.9 Å². The molecular weight excluding hydrogens is 242 g/mol. The van der Waals surface area contributed by atoms with Gasteiger partial charge < -0.3 is 10.1 Å². The van der Waals surface area contributed by atoms with Gasteiger partial charge in [0.15, 0.2) is 0 Å². The van der Waals surface area contributed by atoms with Crippen LogP contribution in [0.3, 0.4) is 0 Å². The van der Waals surface area contributed by atoms with Crippen LogP contribution in [0.2, 0.25) is 0 Å². The summed E-state index contributed by atoms with van der Waals surface area (Å²) in [6.07, 6.45) is 2.84. The minimum Gasteiger partial charge on any atom is -0.497 e. The summed E-state index contributed by atoms with van der Waals surface area (Å²) >= 11 is 3.47. The van der Waals surface area contributed by atoms with E-state index in [0.717, 1.165) is 28.9 Å². The largest absolute Gasteiger partial charge is 0.497 e. The van der Waals surface area contributed by atoms with Gasteiger partial charge in [-0.3, -0.25) is 0 Å². The Labute approximate surface area is 93.1 Å². The first kappa shape index (κ1) is 11.1. The summed E-state index contributed by atoms with van der Waals surface area (Å²) in [6.45, 7) is 4.56. The van der Waals surface area contributed by atoms with Gasteiger partial charge in [0.1, 0.15) is 5.75 Å². The number of hydrogen-bond acceptors (Lipinski definition) is 2. The average Bonchev–Trinajstić information content (AvgIpc) is 2.21. The summed E-state index contributed by atoms with van der Waals surface area (Å²) in [7, 11) is 1.66. The molecule has 3 heteroatoms. The normalized spacial score (nSPS) is 9.57. The molecular formula is C11H14BrNO. The average molecular weight is 256 g/mol. The van der Waals surface area contributed by atoms with Crippen molar-refractivity contribution >= 4 is 21.6 Å². The monoisotopic (exact) mass is 255 g/mol. The predicted octanol–water partition coefficient (Wildman–Crippen LogP) is 3.45. The molecule has 1 aromatic rings. The summed E-state index contributed by atoms with van der Waals surface area (Å²) in [5.74, 6) is 0.856. The Kier molecular flexibility index (Phi) is 4.53. The highest BCUT2D eigenvalue weighted by Gasteiger charge is 2.00. The van der Waals surface area contributed by atoms with Crippen molar-refractivity contribution in [2.45, 2.75) is 6.42 Å². The fourth-order valence-corrected chi connectivity index (χ4v) is 1.46. The molecule has 1 aromatic carbocycles. The Bertz CT molecular complexity index is 312. The molecule has 0 aliphatic rings. The fourth-order valence-electron chi connectivity index (χ4n) is 1.08. The number of anilines is 1. The third kappa shape index (κ3) is 3.07. The van der Waals surface area contributed by atoms with Crippen molar-refractivity contribution in [3.05, 3.63) is 35.3 Å². The molecule has 0 saturated carbocycles. The number of hydrogen-bond donors (Lipinski definition) is 1. The molecule has 0 fully saturated rings. The second kappa shape index (κ2) is 5.70. The van der Waals surface area contributed by atoms with Crippen LogP contribution in [0.4, 0.5) is 5.69 Å². The standard InChI is InChI=1S/C11H14BrNO/c1-3-4-7-13-11-8-9(14-2)5-6-10(11)12/h3,5-6,8,13H,1,4,7H2,2H3. The van der Waals surface area contributed by atoms with Crippen molar-refractivity contribution in [3.63, 3.8) is 0 Å². The van der Waals surface area contributed by atoms with Gasteiger partial charge in [0, 0.05) is 17.1 Å². The van der Waals surface area contributed by atoms with Gasteiger partial charge in [-0.1, -0.05) is 6.08 Å². The van der Waals surface area contributed by atoms with E-state index in [9.17, 15) is 0 Å². The zero-order chi connectivity index (χ0) is 10.4. The first-order chi connectivity index (χ1) is 6.77. The van der Waals surface area contributed by atoms with E-state index in [-0.39, 0.29) is 0 Å².